The fourth-order valence-corrected chi connectivity index (χ4v) is 3.17. The first-order chi connectivity index (χ1) is 17.0. The molecule has 1 heterocycles. The van der Waals surface area contributed by atoms with Crippen molar-refractivity contribution in [1.29, 1.82) is 0 Å². The van der Waals surface area contributed by atoms with Crippen LogP contribution in [0.2, 0.25) is 0 Å². The fourth-order valence-electron chi connectivity index (χ4n) is 3.17. The Hall–Kier alpha value is -3.72. The summed E-state index contributed by atoms with van der Waals surface area (Å²) in [6, 6.07) is -4.74. The molecule has 0 aliphatic carbocycles. The molecule has 15 nitrogen and oxygen atoms in total. The fraction of sp³-hybridized carbons (Fsp3) is 0.619. The van der Waals surface area contributed by atoms with Gasteiger partial charge in [-0.3, -0.25) is 19.4 Å². The minimum atomic E-state index is -1.26. The molecule has 12 N–H and O–H groups in total. The third-order valence-electron chi connectivity index (χ3n) is 5.50. The van der Waals surface area contributed by atoms with Crippen LogP contribution in [0.3, 0.4) is 0 Å². The van der Waals surface area contributed by atoms with E-state index in [1.54, 1.807) is 13.8 Å². The van der Waals surface area contributed by atoms with E-state index in [0.29, 0.717) is 18.5 Å². The monoisotopic (exact) mass is 511 g/mol. The first-order valence-electron chi connectivity index (χ1n) is 11.5. The Bertz CT molecular complexity index is 888. The number of guanidine groups is 1. The largest absolute Gasteiger partial charge is 0.480 e. The summed E-state index contributed by atoms with van der Waals surface area (Å²) in [4.78, 5) is 60.7. The van der Waals surface area contributed by atoms with Gasteiger partial charge in [0, 0.05) is 24.9 Å². The molecule has 5 unspecified atom stereocenters. The number of nitrogens with zero attached hydrogens (tertiary/aromatic N) is 2. The lowest BCUT2D eigenvalue weighted by molar-refractivity contribution is -0.144. The number of hydrogen-bond donors (Lipinski definition) is 9. The third-order valence-corrected chi connectivity index (χ3v) is 5.50. The zero-order valence-electron chi connectivity index (χ0n) is 20.4. The Labute approximate surface area is 208 Å². The molecule has 1 rings (SSSR count). The van der Waals surface area contributed by atoms with E-state index in [0.717, 1.165) is 0 Å². The molecule has 1 aromatic rings. The van der Waals surface area contributed by atoms with Gasteiger partial charge >= 0.3 is 5.97 Å². The van der Waals surface area contributed by atoms with Crippen LogP contribution in [0.5, 0.6) is 0 Å². The first-order valence-corrected chi connectivity index (χ1v) is 11.5. The maximum Gasteiger partial charge on any atom is 0.326 e. The van der Waals surface area contributed by atoms with Crippen LogP contribution in [0.15, 0.2) is 17.5 Å². The minimum Gasteiger partial charge on any atom is -0.480 e. The number of aliphatic hydroxyl groups is 1. The number of hydrogen-bond acceptors (Lipinski definition) is 8. The Morgan fingerprint density at radius 1 is 1.11 bits per heavy atom. The van der Waals surface area contributed by atoms with E-state index in [1.807, 2.05) is 0 Å². The smallest absolute Gasteiger partial charge is 0.326 e. The van der Waals surface area contributed by atoms with Gasteiger partial charge in [-0.1, -0.05) is 20.3 Å². The quantitative estimate of drug-likeness (QED) is 0.0613. The number of carboxylic acid groups (broad SMARTS) is 1. The van der Waals surface area contributed by atoms with Gasteiger partial charge in [0.1, 0.15) is 24.2 Å². The molecular weight excluding hydrogens is 474 g/mol. The number of aromatic nitrogens is 2. The minimum absolute atomic E-state index is 0.0112. The lowest BCUT2D eigenvalue weighted by atomic mass is 9.98. The number of carbonyl (C=O) groups is 4. The lowest BCUT2D eigenvalue weighted by Gasteiger charge is -2.26. The highest BCUT2D eigenvalue weighted by Gasteiger charge is 2.32. The highest BCUT2D eigenvalue weighted by molar-refractivity contribution is 5.94. The molecule has 0 aromatic carbocycles. The average molecular weight is 512 g/mol. The normalized spacial score (nSPS) is 15.0. The molecule has 3 amide bonds. The van der Waals surface area contributed by atoms with Gasteiger partial charge in [-0.15, -0.1) is 0 Å². The molecule has 0 fully saturated rings. The van der Waals surface area contributed by atoms with Crippen molar-refractivity contribution in [2.45, 2.75) is 63.7 Å². The average Bonchev–Trinajstić information content (AvgIpc) is 3.35. The van der Waals surface area contributed by atoms with E-state index in [1.165, 1.54) is 12.5 Å². The molecule has 0 aliphatic rings. The number of aliphatic imine (C=N–C) groups is 1. The summed E-state index contributed by atoms with van der Waals surface area (Å²) in [6.07, 6.45) is 3.73. The van der Waals surface area contributed by atoms with Crippen LogP contribution < -0.4 is 33.2 Å². The number of nitrogens with two attached hydrogens (primary N) is 3. The predicted octanol–water partition coefficient (Wildman–Crippen LogP) is -3.09. The maximum absolute atomic E-state index is 13.2. The van der Waals surface area contributed by atoms with Crippen LogP contribution >= 0.6 is 0 Å². The van der Waals surface area contributed by atoms with Crippen LogP contribution in [0.25, 0.3) is 0 Å². The van der Waals surface area contributed by atoms with E-state index in [9.17, 15) is 24.3 Å². The summed E-state index contributed by atoms with van der Waals surface area (Å²) in [5, 5.41) is 26.2. The summed E-state index contributed by atoms with van der Waals surface area (Å²) < 4.78 is 0. The molecule has 0 saturated heterocycles. The molecule has 5 atom stereocenters. The number of aliphatic hydroxyl groups excluding tert-OH is 1. The zero-order chi connectivity index (χ0) is 27.3. The van der Waals surface area contributed by atoms with Crippen molar-refractivity contribution >= 4 is 29.7 Å². The van der Waals surface area contributed by atoms with Gasteiger partial charge in [0.15, 0.2) is 5.96 Å². The summed E-state index contributed by atoms with van der Waals surface area (Å²) >= 11 is 0. The van der Waals surface area contributed by atoms with Crippen LogP contribution in [0, 0.1) is 5.92 Å². The second kappa shape index (κ2) is 15.3. The van der Waals surface area contributed by atoms with Crippen molar-refractivity contribution in [3.8, 4) is 0 Å². The van der Waals surface area contributed by atoms with E-state index in [2.05, 4.69) is 30.9 Å². The number of aromatic amines is 1. The van der Waals surface area contributed by atoms with E-state index < -0.39 is 54.5 Å². The molecular formula is C21H37N9O6. The first kappa shape index (κ1) is 30.3. The molecule has 36 heavy (non-hydrogen) atoms. The van der Waals surface area contributed by atoms with Gasteiger partial charge < -0.3 is 48.3 Å². The van der Waals surface area contributed by atoms with Crippen LogP contribution in [-0.4, -0.2) is 87.2 Å². The van der Waals surface area contributed by atoms with Crippen LogP contribution in [0.1, 0.15) is 38.8 Å². The standard InChI is InChI=1S/C21H37N9O6/c1-3-11(2)16(20(35)36)30-18(33)14(5-4-6-26-21(23)24)28-19(34)15(7-12-8-25-10-27-12)29-17(32)13(22)9-31/h8,10-11,13-16,31H,3-7,9,22H2,1-2H3,(H,25,27)(H,28,34)(H,29,32)(H,30,33)(H,35,36)(H4,23,24,26). The molecule has 0 spiro atoms. The molecule has 0 saturated carbocycles. The van der Waals surface area contributed by atoms with Gasteiger partial charge in [0.25, 0.3) is 0 Å². The number of rotatable bonds is 16. The Morgan fingerprint density at radius 2 is 1.75 bits per heavy atom. The number of aliphatic carboxylic acids is 1. The third kappa shape index (κ3) is 10.3. The number of amides is 3. The Morgan fingerprint density at radius 3 is 2.28 bits per heavy atom. The predicted molar refractivity (Wildman–Crippen MR) is 130 cm³/mol. The summed E-state index contributed by atoms with van der Waals surface area (Å²) in [5.41, 5.74) is 16.7. The summed E-state index contributed by atoms with van der Waals surface area (Å²) in [7, 11) is 0. The Balaban J connectivity index is 3.10. The molecule has 0 radical (unpaired) electrons. The molecule has 0 bridgehead atoms. The highest BCUT2D eigenvalue weighted by Crippen LogP contribution is 2.10. The van der Waals surface area contributed by atoms with Crippen molar-refractivity contribution in [3.63, 3.8) is 0 Å². The molecule has 1 aromatic heterocycles. The number of imidazole rings is 1. The Kier molecular flexibility index (Phi) is 12.9. The van der Waals surface area contributed by atoms with Crippen molar-refractivity contribution in [2.24, 2.45) is 28.1 Å². The number of carboxylic acids is 1. The van der Waals surface area contributed by atoms with Crippen LogP contribution in [0.4, 0.5) is 0 Å². The van der Waals surface area contributed by atoms with E-state index >= 15 is 0 Å². The molecule has 15 heteroatoms. The van der Waals surface area contributed by atoms with Gasteiger partial charge in [-0.2, -0.15) is 0 Å². The van der Waals surface area contributed by atoms with Gasteiger partial charge in [-0.25, -0.2) is 9.78 Å². The maximum atomic E-state index is 13.2. The van der Waals surface area contributed by atoms with E-state index in [-0.39, 0.29) is 31.3 Å². The van der Waals surface area contributed by atoms with Gasteiger partial charge in [0.05, 0.1) is 12.9 Å². The molecule has 0 aliphatic heterocycles. The van der Waals surface area contributed by atoms with Crippen molar-refractivity contribution < 1.29 is 29.4 Å². The highest BCUT2D eigenvalue weighted by atomic mass is 16.4. The summed E-state index contributed by atoms with van der Waals surface area (Å²) in [5.74, 6) is -3.90. The van der Waals surface area contributed by atoms with Crippen molar-refractivity contribution in [2.75, 3.05) is 13.2 Å². The van der Waals surface area contributed by atoms with Crippen molar-refractivity contribution in [1.82, 2.24) is 25.9 Å². The van der Waals surface area contributed by atoms with Gasteiger partial charge in [-0.05, 0) is 18.8 Å². The molecule has 202 valence electrons. The lowest BCUT2D eigenvalue weighted by Crippen LogP contribution is -2.58. The topological polar surface area (TPSA) is 264 Å². The van der Waals surface area contributed by atoms with Crippen molar-refractivity contribution in [3.05, 3.63) is 18.2 Å². The zero-order valence-corrected chi connectivity index (χ0v) is 20.4. The van der Waals surface area contributed by atoms with Crippen LogP contribution in [-0.2, 0) is 25.6 Å². The second-order valence-corrected chi connectivity index (χ2v) is 8.35. The SMILES string of the molecule is CCC(C)C(NC(=O)C(CCCN=C(N)N)NC(=O)C(Cc1cnc[nH]1)NC(=O)C(N)CO)C(=O)O. The number of nitrogens with one attached hydrogen (secondary N) is 4. The number of H-pyrrole nitrogens is 1. The van der Waals surface area contributed by atoms with E-state index in [4.69, 9.17) is 22.3 Å². The summed E-state index contributed by atoms with van der Waals surface area (Å²) in [6.45, 7) is 3.02. The second-order valence-electron chi connectivity index (χ2n) is 8.35. The number of carbonyl (C=O) groups excluding carboxylic acids is 3. The van der Waals surface area contributed by atoms with Gasteiger partial charge in [0.2, 0.25) is 17.7 Å².